The molecule has 2 N–H and O–H groups in total. The number of benzene rings is 1. The van der Waals surface area contributed by atoms with E-state index in [1.807, 2.05) is 41.8 Å². The van der Waals surface area contributed by atoms with E-state index in [-0.39, 0.29) is 5.91 Å². The number of anilines is 1. The number of ether oxygens (including phenoxy) is 1. The van der Waals surface area contributed by atoms with Crippen molar-refractivity contribution < 1.29 is 9.53 Å². The van der Waals surface area contributed by atoms with Crippen LogP contribution in [0.2, 0.25) is 0 Å². The molecule has 0 unspecified atom stereocenters. The van der Waals surface area contributed by atoms with Crippen molar-refractivity contribution in [2.75, 3.05) is 31.6 Å². The second kappa shape index (κ2) is 11.7. The van der Waals surface area contributed by atoms with Crippen LogP contribution in [0.4, 0.5) is 5.13 Å². The Kier molecular flexibility index (Phi) is 7.93. The number of aromatic nitrogens is 5. The predicted molar refractivity (Wildman–Crippen MR) is 137 cm³/mol. The average Bonchev–Trinajstić information content (AvgIpc) is 3.66. The zero-order valence-electron chi connectivity index (χ0n) is 18.7. The highest BCUT2D eigenvalue weighted by atomic mass is 32.2. The highest BCUT2D eigenvalue weighted by molar-refractivity contribution is 7.99. The van der Waals surface area contributed by atoms with Crippen LogP contribution in [0.15, 0.2) is 74.3 Å². The zero-order valence-corrected chi connectivity index (χ0v) is 21.2. The molecule has 0 spiro atoms. The number of amides is 1. The highest BCUT2D eigenvalue weighted by Gasteiger charge is 2.18. The first-order chi connectivity index (χ1) is 17.2. The monoisotopic (exact) mass is 525 g/mol. The average molecular weight is 526 g/mol. The van der Waals surface area contributed by atoms with Gasteiger partial charge in [-0.1, -0.05) is 11.8 Å². The fourth-order valence-electron chi connectivity index (χ4n) is 3.54. The molecule has 4 aromatic rings. The van der Waals surface area contributed by atoms with Crippen molar-refractivity contribution in [3.8, 4) is 5.75 Å². The van der Waals surface area contributed by atoms with Gasteiger partial charge in [-0.25, -0.2) is 9.97 Å². The Morgan fingerprint density at radius 1 is 1.14 bits per heavy atom. The third-order valence-corrected chi connectivity index (χ3v) is 7.80. The van der Waals surface area contributed by atoms with Crippen molar-refractivity contribution in [3.63, 3.8) is 0 Å². The topological polar surface area (TPSA) is 109 Å². The Morgan fingerprint density at radius 2 is 2.00 bits per heavy atom. The third kappa shape index (κ3) is 6.60. The first-order valence-electron chi connectivity index (χ1n) is 11.1. The lowest BCUT2D eigenvalue weighted by atomic mass is 10.3. The van der Waals surface area contributed by atoms with Gasteiger partial charge >= 0.3 is 0 Å². The minimum Gasteiger partial charge on any atom is -0.492 e. The Balaban J connectivity index is 1.28. The van der Waals surface area contributed by atoms with Gasteiger partial charge in [-0.2, -0.15) is 0 Å². The number of hydrogen-bond donors (Lipinski definition) is 2. The van der Waals surface area contributed by atoms with Gasteiger partial charge < -0.3 is 9.72 Å². The zero-order chi connectivity index (χ0) is 23.9. The van der Waals surface area contributed by atoms with E-state index in [0.717, 1.165) is 22.1 Å². The summed E-state index contributed by atoms with van der Waals surface area (Å²) in [4.78, 5) is 28.9. The van der Waals surface area contributed by atoms with Crippen LogP contribution in [0.25, 0.3) is 0 Å². The molecule has 3 aromatic heterocycles. The van der Waals surface area contributed by atoms with Crippen molar-refractivity contribution in [2.45, 2.75) is 32.8 Å². The molecule has 0 atom stereocenters. The first kappa shape index (κ1) is 23.8. The van der Waals surface area contributed by atoms with E-state index in [1.165, 1.54) is 67.1 Å². The van der Waals surface area contributed by atoms with E-state index >= 15 is 0 Å². The molecule has 0 saturated carbocycles. The molecule has 5 rings (SSSR count). The number of carbonyl (C=O) groups is 1. The fraction of sp³-hybridized carbons (Fsp3) is 0.261. The van der Waals surface area contributed by atoms with Gasteiger partial charge in [0.2, 0.25) is 0 Å². The number of rotatable bonds is 10. The smallest absolute Gasteiger partial charge is 0.277 e. The number of H-pyrrole nitrogens is 1. The second-order valence-corrected chi connectivity index (χ2v) is 10.7. The van der Waals surface area contributed by atoms with Gasteiger partial charge in [0.1, 0.15) is 29.4 Å². The fourth-order valence-corrected chi connectivity index (χ4v) is 5.64. The molecule has 0 aliphatic carbocycles. The van der Waals surface area contributed by atoms with Crippen LogP contribution in [0, 0.1) is 0 Å². The van der Waals surface area contributed by atoms with E-state index in [2.05, 4.69) is 35.4 Å². The van der Waals surface area contributed by atoms with E-state index in [9.17, 15) is 4.79 Å². The molecule has 1 aliphatic rings. The number of aromatic amines is 1. The van der Waals surface area contributed by atoms with Crippen molar-refractivity contribution in [1.29, 1.82) is 0 Å². The molecule has 35 heavy (non-hydrogen) atoms. The van der Waals surface area contributed by atoms with Gasteiger partial charge in [0.05, 0.1) is 0 Å². The van der Waals surface area contributed by atoms with E-state index < -0.39 is 0 Å². The maximum atomic E-state index is 13.1. The normalized spacial score (nSPS) is 13.7. The molecular weight excluding hydrogens is 503 g/mol. The van der Waals surface area contributed by atoms with Gasteiger partial charge in [0.25, 0.3) is 5.91 Å². The van der Waals surface area contributed by atoms with Gasteiger partial charge in [-0.05, 0) is 74.1 Å². The molecule has 0 radical (unpaired) electrons. The molecule has 1 fully saturated rings. The van der Waals surface area contributed by atoms with E-state index in [0.29, 0.717) is 27.6 Å². The molecular formula is C23H23N7O2S3. The Labute approximate surface area is 215 Å². The Hall–Kier alpha value is -2.93. The predicted octanol–water partition coefficient (Wildman–Crippen LogP) is 4.69. The molecule has 1 amide bonds. The van der Waals surface area contributed by atoms with Gasteiger partial charge in [0, 0.05) is 27.9 Å². The Morgan fingerprint density at radius 3 is 2.74 bits per heavy atom. The highest BCUT2D eigenvalue weighted by Crippen LogP contribution is 2.33. The van der Waals surface area contributed by atoms with Gasteiger partial charge in [-0.3, -0.25) is 15.0 Å². The summed E-state index contributed by atoms with van der Waals surface area (Å²) in [5, 5.41) is 14.2. The molecule has 0 bridgehead atoms. The number of carbonyl (C=O) groups excluding carboxylic acids is 1. The van der Waals surface area contributed by atoms with E-state index in [4.69, 9.17) is 4.74 Å². The summed E-state index contributed by atoms with van der Waals surface area (Å²) < 4.78 is 5.91. The molecule has 12 heteroatoms. The number of thiazole rings is 1. The van der Waals surface area contributed by atoms with Gasteiger partial charge in [-0.15, -0.1) is 21.5 Å². The van der Waals surface area contributed by atoms with Crippen LogP contribution < -0.4 is 10.1 Å². The third-order valence-electron chi connectivity index (χ3n) is 5.22. The summed E-state index contributed by atoms with van der Waals surface area (Å²) in [5.74, 6) is 0.525. The van der Waals surface area contributed by atoms with Crippen LogP contribution in [-0.4, -0.2) is 62.2 Å². The lowest BCUT2D eigenvalue weighted by molar-refractivity contribution is 0.101. The van der Waals surface area contributed by atoms with Crippen LogP contribution in [0.1, 0.15) is 23.3 Å². The largest absolute Gasteiger partial charge is 0.492 e. The maximum absolute atomic E-state index is 13.1. The second-order valence-electron chi connectivity index (χ2n) is 7.65. The van der Waals surface area contributed by atoms with Crippen molar-refractivity contribution >= 4 is 45.9 Å². The lowest BCUT2D eigenvalue weighted by Gasteiger charge is -2.15. The summed E-state index contributed by atoms with van der Waals surface area (Å²) in [6, 6.07) is 11.7. The minimum absolute atomic E-state index is 0.315. The number of nitrogens with one attached hydrogen (secondary N) is 2. The van der Waals surface area contributed by atoms with E-state index in [1.54, 1.807) is 6.20 Å². The minimum atomic E-state index is -0.315. The number of likely N-dealkylation sites (tertiary alicyclic amines) is 1. The standard InChI is InChI=1S/C23H23N7O2S3/c31-21(28-22-24-9-14-33-22)20-18(7-8-19(27-20)35-23-25-15-26-29-23)34-17-5-3-16(4-6-17)32-13-12-30-10-1-2-11-30/h3-9,14-15H,1-2,10-13H2,(H,24,28,31)(H,25,26,29). The van der Waals surface area contributed by atoms with Crippen LogP contribution in [0.5, 0.6) is 5.75 Å². The quantitative estimate of drug-likeness (QED) is 0.305. The first-order valence-corrected chi connectivity index (χ1v) is 13.6. The lowest BCUT2D eigenvalue weighted by Crippen LogP contribution is -2.25. The van der Waals surface area contributed by atoms with Crippen LogP contribution in [0.3, 0.4) is 0 Å². The van der Waals surface area contributed by atoms with Crippen molar-refractivity contribution in [3.05, 3.63) is 60.0 Å². The number of hydrogen-bond acceptors (Lipinski definition) is 10. The summed E-state index contributed by atoms with van der Waals surface area (Å²) in [7, 11) is 0. The maximum Gasteiger partial charge on any atom is 0.277 e. The molecule has 1 aromatic carbocycles. The summed E-state index contributed by atoms with van der Waals surface area (Å²) in [5.41, 5.74) is 0.320. The van der Waals surface area contributed by atoms with Crippen molar-refractivity contribution in [1.82, 2.24) is 30.0 Å². The molecule has 1 saturated heterocycles. The summed E-state index contributed by atoms with van der Waals surface area (Å²) in [6.07, 6.45) is 5.71. The Bertz CT molecular complexity index is 1230. The summed E-state index contributed by atoms with van der Waals surface area (Å²) in [6.45, 7) is 3.97. The van der Waals surface area contributed by atoms with Crippen LogP contribution in [-0.2, 0) is 0 Å². The summed E-state index contributed by atoms with van der Waals surface area (Å²) >= 11 is 4.14. The molecule has 9 nitrogen and oxygen atoms in total. The molecule has 180 valence electrons. The SMILES string of the molecule is O=C(Nc1nccs1)c1nc(Sc2nnc[nH]2)ccc1Sc1ccc(OCCN2CCCC2)cc1. The van der Waals surface area contributed by atoms with Gasteiger partial charge in [0.15, 0.2) is 10.3 Å². The van der Waals surface area contributed by atoms with Crippen molar-refractivity contribution in [2.24, 2.45) is 0 Å². The number of pyridine rings is 1. The van der Waals surface area contributed by atoms with Crippen LogP contribution >= 0.6 is 34.9 Å². The number of nitrogens with zero attached hydrogens (tertiary/aromatic N) is 5. The molecule has 1 aliphatic heterocycles. The molecule has 4 heterocycles.